The smallest absolute Gasteiger partial charge is 0.0737 e. The van der Waals surface area contributed by atoms with Gasteiger partial charge in [0.15, 0.2) is 0 Å². The Morgan fingerprint density at radius 2 is 1.94 bits per heavy atom. The Morgan fingerprint density at radius 1 is 1.18 bits per heavy atom. The second kappa shape index (κ2) is 4.92. The van der Waals surface area contributed by atoms with Crippen LogP contribution in [-0.2, 0) is 0 Å². The summed E-state index contributed by atoms with van der Waals surface area (Å²) in [6.45, 7) is 6.60. The summed E-state index contributed by atoms with van der Waals surface area (Å²) in [5.74, 6) is 0.588. The van der Waals surface area contributed by atoms with Crippen molar-refractivity contribution in [3.63, 3.8) is 0 Å². The number of nitrogens with one attached hydrogen (secondary N) is 1. The van der Waals surface area contributed by atoms with Crippen molar-refractivity contribution in [3.8, 4) is 0 Å². The van der Waals surface area contributed by atoms with E-state index in [-0.39, 0.29) is 0 Å². The molecule has 3 heteroatoms. The van der Waals surface area contributed by atoms with Gasteiger partial charge in [0.2, 0.25) is 0 Å². The fourth-order valence-electron chi connectivity index (χ4n) is 1.66. The molecule has 1 atom stereocenters. The second-order valence-corrected chi connectivity index (χ2v) is 5.13. The van der Waals surface area contributed by atoms with Gasteiger partial charge in [-0.05, 0) is 37.1 Å². The van der Waals surface area contributed by atoms with Gasteiger partial charge in [0.1, 0.15) is 0 Å². The maximum absolute atomic E-state index is 5.97. The maximum atomic E-state index is 5.97. The van der Waals surface area contributed by atoms with Gasteiger partial charge in [0.25, 0.3) is 0 Å². The molecule has 0 amide bonds. The summed E-state index contributed by atoms with van der Waals surface area (Å²) in [6.07, 6.45) is 1.81. The van der Waals surface area contributed by atoms with E-state index in [1.54, 1.807) is 0 Å². The fourth-order valence-corrected chi connectivity index (χ4v) is 1.83. The molecule has 0 aliphatic heterocycles. The van der Waals surface area contributed by atoms with Gasteiger partial charge in [-0.2, -0.15) is 0 Å². The molecule has 2 aromatic rings. The third-order valence-corrected chi connectivity index (χ3v) is 3.32. The Balaban J connectivity index is 2.41. The monoisotopic (exact) mass is 248 g/mol. The molecule has 1 aromatic carbocycles. The van der Waals surface area contributed by atoms with Gasteiger partial charge in [-0.25, -0.2) is 0 Å². The molecule has 17 heavy (non-hydrogen) atoms. The molecule has 0 radical (unpaired) electrons. The van der Waals surface area contributed by atoms with Crippen LogP contribution in [0.25, 0.3) is 10.9 Å². The van der Waals surface area contributed by atoms with Crippen molar-refractivity contribution in [1.29, 1.82) is 0 Å². The van der Waals surface area contributed by atoms with Gasteiger partial charge in [0.05, 0.1) is 5.52 Å². The van der Waals surface area contributed by atoms with Gasteiger partial charge in [-0.3, -0.25) is 4.98 Å². The minimum Gasteiger partial charge on any atom is -0.382 e. The molecule has 0 spiro atoms. The number of benzene rings is 1. The molecule has 0 saturated heterocycles. The van der Waals surface area contributed by atoms with E-state index >= 15 is 0 Å². The first-order valence-corrected chi connectivity index (χ1v) is 6.26. The molecular formula is C14H17ClN2. The zero-order valence-corrected chi connectivity index (χ0v) is 11.1. The fraction of sp³-hybridized carbons (Fsp3) is 0.357. The normalized spacial score (nSPS) is 13.0. The van der Waals surface area contributed by atoms with E-state index in [1.807, 2.05) is 30.5 Å². The third kappa shape index (κ3) is 2.70. The number of nitrogens with zero attached hydrogens (tertiary/aromatic N) is 1. The minimum atomic E-state index is 0.427. The number of aromatic nitrogens is 1. The van der Waals surface area contributed by atoms with E-state index in [1.165, 1.54) is 0 Å². The highest BCUT2D eigenvalue weighted by Crippen LogP contribution is 2.25. The van der Waals surface area contributed by atoms with Crippen molar-refractivity contribution in [2.75, 3.05) is 5.32 Å². The lowest BCUT2D eigenvalue weighted by Gasteiger charge is -2.19. The minimum absolute atomic E-state index is 0.427. The standard InChI is InChI=1S/C14H17ClN2/c1-9(2)10(3)17-13-6-7-16-14-8-11(15)4-5-12(13)14/h4-10H,1-3H3,(H,16,17)/t10-/m1/s1. The number of halogens is 1. The topological polar surface area (TPSA) is 24.9 Å². The van der Waals surface area contributed by atoms with E-state index in [4.69, 9.17) is 11.6 Å². The predicted molar refractivity (Wildman–Crippen MR) is 74.7 cm³/mol. The lowest BCUT2D eigenvalue weighted by molar-refractivity contribution is 0.560. The molecule has 0 saturated carbocycles. The SMILES string of the molecule is CC(C)[C@@H](C)Nc1ccnc2cc(Cl)ccc12. The van der Waals surface area contributed by atoms with Crippen LogP contribution in [0, 0.1) is 5.92 Å². The molecule has 2 rings (SSSR count). The van der Waals surface area contributed by atoms with Crippen molar-refractivity contribution >= 4 is 28.2 Å². The molecule has 2 nitrogen and oxygen atoms in total. The van der Waals surface area contributed by atoms with Crippen LogP contribution >= 0.6 is 11.6 Å². The lowest BCUT2D eigenvalue weighted by atomic mass is 10.1. The summed E-state index contributed by atoms with van der Waals surface area (Å²) in [5, 5.41) is 5.36. The number of rotatable bonds is 3. The van der Waals surface area contributed by atoms with Crippen molar-refractivity contribution in [3.05, 3.63) is 35.5 Å². The number of pyridine rings is 1. The molecule has 0 fully saturated rings. The van der Waals surface area contributed by atoms with E-state index in [0.717, 1.165) is 21.6 Å². The summed E-state index contributed by atoms with van der Waals surface area (Å²) < 4.78 is 0. The molecule has 0 unspecified atom stereocenters. The van der Waals surface area contributed by atoms with Crippen LogP contribution in [0.2, 0.25) is 5.02 Å². The molecule has 0 aliphatic carbocycles. The molecule has 1 N–H and O–H groups in total. The molecule has 90 valence electrons. The average Bonchev–Trinajstić information content (AvgIpc) is 2.28. The Hall–Kier alpha value is -1.28. The van der Waals surface area contributed by atoms with Crippen LogP contribution < -0.4 is 5.32 Å². The van der Waals surface area contributed by atoms with Crippen molar-refractivity contribution in [2.24, 2.45) is 5.92 Å². The van der Waals surface area contributed by atoms with E-state index in [9.17, 15) is 0 Å². The number of hydrogen-bond acceptors (Lipinski definition) is 2. The molecule has 1 heterocycles. The first-order valence-electron chi connectivity index (χ1n) is 5.88. The molecule has 0 bridgehead atoms. The second-order valence-electron chi connectivity index (χ2n) is 4.70. The summed E-state index contributed by atoms with van der Waals surface area (Å²) >= 11 is 5.97. The average molecular weight is 249 g/mol. The van der Waals surface area contributed by atoms with Crippen LogP contribution in [-0.4, -0.2) is 11.0 Å². The van der Waals surface area contributed by atoms with Crippen LogP contribution in [0.15, 0.2) is 30.5 Å². The van der Waals surface area contributed by atoms with Gasteiger partial charge in [0, 0.05) is 28.3 Å². The van der Waals surface area contributed by atoms with Crippen LogP contribution in [0.1, 0.15) is 20.8 Å². The van der Waals surface area contributed by atoms with Crippen molar-refractivity contribution in [2.45, 2.75) is 26.8 Å². The van der Waals surface area contributed by atoms with Gasteiger partial charge >= 0.3 is 0 Å². The first kappa shape index (κ1) is 12.2. The Kier molecular flexibility index (Phi) is 3.53. The Labute approximate surface area is 107 Å². The van der Waals surface area contributed by atoms with Crippen molar-refractivity contribution < 1.29 is 0 Å². The molecular weight excluding hydrogens is 232 g/mol. The zero-order chi connectivity index (χ0) is 12.4. The highest BCUT2D eigenvalue weighted by Gasteiger charge is 2.09. The largest absolute Gasteiger partial charge is 0.382 e. The molecule has 0 aliphatic rings. The van der Waals surface area contributed by atoms with Gasteiger partial charge in [-0.15, -0.1) is 0 Å². The maximum Gasteiger partial charge on any atom is 0.0737 e. The summed E-state index contributed by atoms with van der Waals surface area (Å²) in [5.41, 5.74) is 2.05. The number of anilines is 1. The summed E-state index contributed by atoms with van der Waals surface area (Å²) in [4.78, 5) is 4.33. The first-order chi connectivity index (χ1) is 8.08. The van der Waals surface area contributed by atoms with Crippen LogP contribution in [0.4, 0.5) is 5.69 Å². The number of fused-ring (bicyclic) bond motifs is 1. The van der Waals surface area contributed by atoms with Crippen molar-refractivity contribution in [1.82, 2.24) is 4.98 Å². The molecule has 1 aromatic heterocycles. The van der Waals surface area contributed by atoms with E-state index < -0.39 is 0 Å². The third-order valence-electron chi connectivity index (χ3n) is 3.09. The van der Waals surface area contributed by atoms with Gasteiger partial charge < -0.3 is 5.32 Å². The Morgan fingerprint density at radius 3 is 2.65 bits per heavy atom. The number of hydrogen-bond donors (Lipinski definition) is 1. The zero-order valence-electron chi connectivity index (χ0n) is 10.4. The summed E-state index contributed by atoms with van der Waals surface area (Å²) in [7, 11) is 0. The highest BCUT2D eigenvalue weighted by atomic mass is 35.5. The summed E-state index contributed by atoms with van der Waals surface area (Å²) in [6, 6.07) is 8.24. The predicted octanol–water partition coefficient (Wildman–Crippen LogP) is 4.34. The van der Waals surface area contributed by atoms with E-state index in [2.05, 4.69) is 31.1 Å². The van der Waals surface area contributed by atoms with Gasteiger partial charge in [-0.1, -0.05) is 25.4 Å². The van der Waals surface area contributed by atoms with Crippen LogP contribution in [0.3, 0.4) is 0 Å². The lowest BCUT2D eigenvalue weighted by Crippen LogP contribution is -2.21. The van der Waals surface area contributed by atoms with Crippen LogP contribution in [0.5, 0.6) is 0 Å². The highest BCUT2D eigenvalue weighted by molar-refractivity contribution is 6.31. The quantitative estimate of drug-likeness (QED) is 0.874. The van der Waals surface area contributed by atoms with E-state index in [0.29, 0.717) is 12.0 Å². The Bertz CT molecular complexity index is 523.